The third-order valence-corrected chi connectivity index (χ3v) is 3.31. The molecule has 0 aromatic heterocycles. The van der Waals surface area contributed by atoms with Crippen LogP contribution < -0.4 is 0 Å². The molecule has 13 heavy (non-hydrogen) atoms. The molecule has 0 unspecified atom stereocenters. The summed E-state index contributed by atoms with van der Waals surface area (Å²) in [5.41, 5.74) is 1.47. The van der Waals surface area contributed by atoms with Crippen LogP contribution in [0.4, 0.5) is 8.78 Å². The molecule has 0 fully saturated rings. The number of alkyl halides is 3. The summed E-state index contributed by atoms with van der Waals surface area (Å²) in [5, 5.41) is 0. The molecule has 0 spiro atoms. The van der Waals surface area contributed by atoms with Crippen molar-refractivity contribution in [3.8, 4) is 0 Å². The summed E-state index contributed by atoms with van der Waals surface area (Å²) in [5.74, 6) is 0. The van der Waals surface area contributed by atoms with Gasteiger partial charge in [0.05, 0.1) is 0 Å². The Morgan fingerprint density at radius 3 is 2.15 bits per heavy atom. The SMILES string of the molecule is Cc1c(Br)ccc(C(F)(F)Br)c1C. The van der Waals surface area contributed by atoms with Gasteiger partial charge in [0, 0.05) is 10.0 Å². The molecule has 0 amide bonds. The Bertz CT molecular complexity index is 329. The van der Waals surface area contributed by atoms with Gasteiger partial charge in [-0.3, -0.25) is 0 Å². The van der Waals surface area contributed by atoms with Gasteiger partial charge in [0.2, 0.25) is 0 Å². The van der Waals surface area contributed by atoms with Gasteiger partial charge in [0.1, 0.15) is 0 Å². The molecule has 0 bridgehead atoms. The van der Waals surface area contributed by atoms with Gasteiger partial charge >= 0.3 is 4.83 Å². The Balaban J connectivity index is 3.35. The topological polar surface area (TPSA) is 0 Å². The fourth-order valence-electron chi connectivity index (χ4n) is 1.09. The molecule has 0 saturated carbocycles. The molecule has 0 radical (unpaired) electrons. The molecule has 0 aliphatic rings. The smallest absolute Gasteiger partial charge is 0.188 e. The Morgan fingerprint density at radius 1 is 1.15 bits per heavy atom. The maximum absolute atomic E-state index is 12.9. The van der Waals surface area contributed by atoms with Crippen molar-refractivity contribution >= 4 is 31.9 Å². The normalized spacial score (nSPS) is 11.8. The van der Waals surface area contributed by atoms with E-state index in [1.165, 1.54) is 6.07 Å². The summed E-state index contributed by atoms with van der Waals surface area (Å²) in [4.78, 5) is -2.94. The molecule has 0 N–H and O–H groups in total. The molecule has 4 heteroatoms. The average molecular weight is 314 g/mol. The van der Waals surface area contributed by atoms with Gasteiger partial charge in [-0.05, 0) is 47.0 Å². The van der Waals surface area contributed by atoms with Gasteiger partial charge in [0.25, 0.3) is 0 Å². The van der Waals surface area contributed by atoms with E-state index >= 15 is 0 Å². The lowest BCUT2D eigenvalue weighted by atomic mass is 10.0. The highest BCUT2D eigenvalue weighted by atomic mass is 79.9. The van der Waals surface area contributed by atoms with Gasteiger partial charge in [-0.15, -0.1) is 0 Å². The van der Waals surface area contributed by atoms with Crippen LogP contribution in [0.5, 0.6) is 0 Å². The van der Waals surface area contributed by atoms with E-state index in [4.69, 9.17) is 0 Å². The zero-order chi connectivity index (χ0) is 10.2. The van der Waals surface area contributed by atoms with Crippen LogP contribution in [0.2, 0.25) is 0 Å². The predicted octanol–water partition coefficient (Wildman–Crippen LogP) is 4.51. The van der Waals surface area contributed by atoms with E-state index in [-0.39, 0.29) is 5.56 Å². The van der Waals surface area contributed by atoms with E-state index in [0.29, 0.717) is 5.56 Å². The molecule has 1 aromatic carbocycles. The minimum Gasteiger partial charge on any atom is -0.188 e. The van der Waals surface area contributed by atoms with Crippen molar-refractivity contribution < 1.29 is 8.78 Å². The number of benzene rings is 1. The molecular weight excluding hydrogens is 306 g/mol. The predicted molar refractivity (Wildman–Crippen MR) is 56.4 cm³/mol. The molecule has 0 atom stereocenters. The van der Waals surface area contributed by atoms with Gasteiger partial charge in [-0.1, -0.05) is 22.0 Å². The fraction of sp³-hybridized carbons (Fsp3) is 0.333. The summed E-state index contributed by atoms with van der Waals surface area (Å²) >= 11 is 5.63. The maximum atomic E-state index is 12.9. The summed E-state index contributed by atoms with van der Waals surface area (Å²) in [6.45, 7) is 3.49. The highest BCUT2D eigenvalue weighted by Crippen LogP contribution is 2.38. The second-order valence-corrected chi connectivity index (χ2v) is 4.69. The highest BCUT2D eigenvalue weighted by molar-refractivity contribution is 9.10. The molecule has 72 valence electrons. The Labute approximate surface area is 92.6 Å². The molecule has 1 aromatic rings. The molecule has 0 aliphatic carbocycles. The zero-order valence-electron chi connectivity index (χ0n) is 7.17. The van der Waals surface area contributed by atoms with Crippen molar-refractivity contribution in [1.29, 1.82) is 0 Å². The molecule has 1 rings (SSSR count). The van der Waals surface area contributed by atoms with Crippen LogP contribution in [-0.2, 0) is 4.83 Å². The molecule has 0 aliphatic heterocycles. The molecule has 0 nitrogen and oxygen atoms in total. The third-order valence-electron chi connectivity index (χ3n) is 2.03. The second kappa shape index (κ2) is 3.65. The van der Waals surface area contributed by atoms with Crippen molar-refractivity contribution in [2.24, 2.45) is 0 Å². The first-order chi connectivity index (χ1) is 5.84. The van der Waals surface area contributed by atoms with Crippen LogP contribution in [0.15, 0.2) is 16.6 Å². The van der Waals surface area contributed by atoms with Gasteiger partial charge in [0.15, 0.2) is 0 Å². The van der Waals surface area contributed by atoms with E-state index in [1.807, 2.05) is 6.92 Å². The van der Waals surface area contributed by atoms with Crippen molar-refractivity contribution in [3.05, 3.63) is 33.3 Å². The first-order valence-electron chi connectivity index (χ1n) is 3.67. The molecular formula is C9H8Br2F2. The van der Waals surface area contributed by atoms with Gasteiger partial charge in [-0.25, -0.2) is 0 Å². The lowest BCUT2D eigenvalue weighted by molar-refractivity contribution is 0.114. The van der Waals surface area contributed by atoms with E-state index < -0.39 is 4.83 Å². The van der Waals surface area contributed by atoms with Crippen LogP contribution in [-0.4, -0.2) is 0 Å². The van der Waals surface area contributed by atoms with Crippen LogP contribution in [0.25, 0.3) is 0 Å². The van der Waals surface area contributed by atoms with E-state index in [2.05, 4.69) is 31.9 Å². The number of halogens is 4. The van der Waals surface area contributed by atoms with E-state index in [0.717, 1.165) is 10.0 Å². The van der Waals surface area contributed by atoms with Crippen molar-refractivity contribution in [1.82, 2.24) is 0 Å². The van der Waals surface area contributed by atoms with E-state index in [1.54, 1.807) is 13.0 Å². The molecule has 0 saturated heterocycles. The standard InChI is InChI=1S/C9H8Br2F2/c1-5-6(2)8(10)4-3-7(5)9(11,12)13/h3-4H,1-2H3. The van der Waals surface area contributed by atoms with Crippen LogP contribution in [0, 0.1) is 13.8 Å². The Morgan fingerprint density at radius 2 is 1.69 bits per heavy atom. The Hall–Kier alpha value is 0.0400. The van der Waals surface area contributed by atoms with Crippen LogP contribution >= 0.6 is 31.9 Å². The molecule has 0 heterocycles. The van der Waals surface area contributed by atoms with Crippen molar-refractivity contribution in [2.75, 3.05) is 0 Å². The van der Waals surface area contributed by atoms with Crippen molar-refractivity contribution in [3.63, 3.8) is 0 Å². The number of rotatable bonds is 1. The Kier molecular flexibility index (Phi) is 3.12. The van der Waals surface area contributed by atoms with E-state index in [9.17, 15) is 8.78 Å². The minimum atomic E-state index is -2.94. The van der Waals surface area contributed by atoms with Gasteiger partial charge in [-0.2, -0.15) is 8.78 Å². The van der Waals surface area contributed by atoms with Crippen LogP contribution in [0.3, 0.4) is 0 Å². The quantitative estimate of drug-likeness (QED) is 0.669. The van der Waals surface area contributed by atoms with Crippen LogP contribution in [0.1, 0.15) is 16.7 Å². The lowest BCUT2D eigenvalue weighted by Crippen LogP contribution is -2.06. The summed E-state index contributed by atoms with van der Waals surface area (Å²) in [7, 11) is 0. The zero-order valence-corrected chi connectivity index (χ0v) is 10.3. The highest BCUT2D eigenvalue weighted by Gasteiger charge is 2.29. The van der Waals surface area contributed by atoms with Crippen molar-refractivity contribution in [2.45, 2.75) is 18.7 Å². The maximum Gasteiger partial charge on any atom is 0.326 e. The first-order valence-corrected chi connectivity index (χ1v) is 5.25. The minimum absolute atomic E-state index is 0.0215. The lowest BCUT2D eigenvalue weighted by Gasteiger charge is -2.14. The summed E-state index contributed by atoms with van der Waals surface area (Å²) in [6, 6.07) is 3.05. The van der Waals surface area contributed by atoms with Gasteiger partial charge < -0.3 is 0 Å². The first kappa shape index (κ1) is 11.1. The second-order valence-electron chi connectivity index (χ2n) is 2.84. The number of hydrogen-bond donors (Lipinski definition) is 0. The fourth-order valence-corrected chi connectivity index (χ4v) is 1.95. The number of hydrogen-bond acceptors (Lipinski definition) is 0. The summed E-state index contributed by atoms with van der Waals surface area (Å²) in [6.07, 6.45) is 0. The largest absolute Gasteiger partial charge is 0.326 e. The average Bonchev–Trinajstić information content (AvgIpc) is 1.98. The summed E-state index contributed by atoms with van der Waals surface area (Å²) < 4.78 is 26.7. The monoisotopic (exact) mass is 312 g/mol. The third kappa shape index (κ3) is 2.29.